The Hall–Kier alpha value is -0.480. The summed E-state index contributed by atoms with van der Waals surface area (Å²) in [5.74, 6) is 4.02. The quantitative estimate of drug-likeness (QED) is 0.854. The lowest BCUT2D eigenvalue weighted by molar-refractivity contribution is 0.377. The molecular weight excluding hydrogens is 208 g/mol. The fourth-order valence-electron chi connectivity index (χ4n) is 1.70. The fraction of sp³-hybridized carbons (Fsp3) is 0.727. The molecule has 0 unspecified atom stereocenters. The molecule has 3 nitrogen and oxygen atoms in total. The van der Waals surface area contributed by atoms with E-state index >= 15 is 0 Å². The van der Waals surface area contributed by atoms with E-state index < -0.39 is 0 Å². The molecule has 0 atom stereocenters. The second kappa shape index (κ2) is 5.03. The van der Waals surface area contributed by atoms with Crippen molar-refractivity contribution in [1.29, 1.82) is 0 Å². The van der Waals surface area contributed by atoms with E-state index in [0.29, 0.717) is 5.92 Å². The van der Waals surface area contributed by atoms with Gasteiger partial charge in [-0.05, 0) is 12.5 Å². The molecule has 1 aliphatic heterocycles. The normalized spacial score (nSPS) is 15.7. The Morgan fingerprint density at radius 2 is 2.40 bits per heavy atom. The van der Waals surface area contributed by atoms with E-state index in [0.717, 1.165) is 36.7 Å². The predicted molar refractivity (Wildman–Crippen MR) is 62.9 cm³/mol. The third-order valence-electron chi connectivity index (χ3n) is 2.52. The number of hydrogen-bond acceptors (Lipinski definition) is 4. The molecule has 4 heteroatoms. The number of hydrogen-bond donors (Lipinski definition) is 1. The Balaban J connectivity index is 1.94. The molecule has 1 aromatic heterocycles. The lowest BCUT2D eigenvalue weighted by Crippen LogP contribution is -2.20. The summed E-state index contributed by atoms with van der Waals surface area (Å²) in [6, 6.07) is 0. The summed E-state index contributed by atoms with van der Waals surface area (Å²) in [4.78, 5) is 0. The van der Waals surface area contributed by atoms with Gasteiger partial charge < -0.3 is 9.84 Å². The number of fused-ring (bicyclic) bond motifs is 1. The van der Waals surface area contributed by atoms with Gasteiger partial charge in [0.15, 0.2) is 0 Å². The van der Waals surface area contributed by atoms with E-state index in [2.05, 4.69) is 24.3 Å². The molecule has 0 aromatic carbocycles. The molecule has 1 aliphatic rings. The van der Waals surface area contributed by atoms with Gasteiger partial charge in [0.25, 0.3) is 0 Å². The first-order chi connectivity index (χ1) is 7.27. The smallest absolute Gasteiger partial charge is 0.141 e. The summed E-state index contributed by atoms with van der Waals surface area (Å²) in [5, 5.41) is 7.55. The van der Waals surface area contributed by atoms with E-state index in [9.17, 15) is 0 Å². The van der Waals surface area contributed by atoms with Gasteiger partial charge >= 0.3 is 0 Å². The van der Waals surface area contributed by atoms with Crippen molar-refractivity contribution in [1.82, 2.24) is 10.5 Å². The van der Waals surface area contributed by atoms with Crippen molar-refractivity contribution >= 4 is 11.8 Å². The van der Waals surface area contributed by atoms with Crippen LogP contribution in [0.4, 0.5) is 0 Å². The first-order valence-electron chi connectivity index (χ1n) is 5.52. The predicted octanol–water partition coefficient (Wildman–Crippen LogP) is 2.21. The van der Waals surface area contributed by atoms with Crippen LogP contribution in [0.15, 0.2) is 4.52 Å². The first-order valence-corrected chi connectivity index (χ1v) is 6.67. The molecule has 0 saturated heterocycles. The van der Waals surface area contributed by atoms with Crippen LogP contribution >= 0.6 is 11.8 Å². The monoisotopic (exact) mass is 226 g/mol. The summed E-state index contributed by atoms with van der Waals surface area (Å²) < 4.78 is 5.34. The number of thioether (sulfide) groups is 1. The van der Waals surface area contributed by atoms with Crippen LogP contribution in [0.5, 0.6) is 0 Å². The van der Waals surface area contributed by atoms with Gasteiger partial charge in [0.1, 0.15) is 11.5 Å². The largest absolute Gasteiger partial charge is 0.361 e. The van der Waals surface area contributed by atoms with E-state index in [1.165, 1.54) is 11.3 Å². The zero-order chi connectivity index (χ0) is 10.7. The van der Waals surface area contributed by atoms with Crippen LogP contribution in [0, 0.1) is 5.92 Å². The third kappa shape index (κ3) is 2.75. The minimum atomic E-state index is 0.683. The summed E-state index contributed by atoms with van der Waals surface area (Å²) in [5.41, 5.74) is 2.44. The molecule has 1 aromatic rings. The minimum absolute atomic E-state index is 0.683. The lowest BCUT2D eigenvalue weighted by Gasteiger charge is -2.10. The SMILES string of the molecule is CC(C)CNCc1noc2c1CSCC2. The summed E-state index contributed by atoms with van der Waals surface area (Å²) in [7, 11) is 0. The summed E-state index contributed by atoms with van der Waals surface area (Å²) in [6.45, 7) is 6.30. The Labute approximate surface area is 95.0 Å². The highest BCUT2D eigenvalue weighted by Crippen LogP contribution is 2.27. The second-order valence-electron chi connectivity index (χ2n) is 4.36. The first kappa shape index (κ1) is 11.0. The summed E-state index contributed by atoms with van der Waals surface area (Å²) in [6.07, 6.45) is 1.04. The number of aryl methyl sites for hydroxylation is 1. The van der Waals surface area contributed by atoms with Crippen LogP contribution in [0.1, 0.15) is 30.9 Å². The van der Waals surface area contributed by atoms with E-state index in [-0.39, 0.29) is 0 Å². The minimum Gasteiger partial charge on any atom is -0.361 e. The van der Waals surface area contributed by atoms with Gasteiger partial charge in [-0.15, -0.1) is 0 Å². The molecule has 2 heterocycles. The van der Waals surface area contributed by atoms with Gasteiger partial charge in [-0.1, -0.05) is 19.0 Å². The highest BCUT2D eigenvalue weighted by atomic mass is 32.2. The maximum absolute atomic E-state index is 5.34. The highest BCUT2D eigenvalue weighted by Gasteiger charge is 2.18. The van der Waals surface area contributed by atoms with Crippen LogP contribution in [-0.2, 0) is 18.7 Å². The van der Waals surface area contributed by atoms with Crippen molar-refractivity contribution in [3.05, 3.63) is 17.0 Å². The molecule has 0 amide bonds. The Morgan fingerprint density at radius 1 is 1.53 bits per heavy atom. The fourth-order valence-corrected chi connectivity index (χ4v) is 2.70. The zero-order valence-electron chi connectivity index (χ0n) is 9.38. The van der Waals surface area contributed by atoms with Crippen molar-refractivity contribution in [2.75, 3.05) is 12.3 Å². The number of nitrogens with one attached hydrogen (secondary N) is 1. The molecule has 0 saturated carbocycles. The van der Waals surface area contributed by atoms with Gasteiger partial charge in [0.05, 0.1) is 0 Å². The van der Waals surface area contributed by atoms with Crippen LogP contribution in [0.25, 0.3) is 0 Å². The average molecular weight is 226 g/mol. The molecule has 0 bridgehead atoms. The van der Waals surface area contributed by atoms with E-state index in [4.69, 9.17) is 4.52 Å². The molecule has 2 rings (SSSR count). The maximum Gasteiger partial charge on any atom is 0.141 e. The average Bonchev–Trinajstić information content (AvgIpc) is 2.62. The van der Waals surface area contributed by atoms with Crippen LogP contribution in [-0.4, -0.2) is 17.5 Å². The topological polar surface area (TPSA) is 38.1 Å². The van der Waals surface area contributed by atoms with Gasteiger partial charge in [-0.3, -0.25) is 0 Å². The molecule has 1 N–H and O–H groups in total. The lowest BCUT2D eigenvalue weighted by atomic mass is 10.1. The van der Waals surface area contributed by atoms with Gasteiger partial charge in [0.2, 0.25) is 0 Å². The van der Waals surface area contributed by atoms with Crippen molar-refractivity contribution in [2.45, 2.75) is 32.6 Å². The Bertz CT molecular complexity index is 322. The molecule has 84 valence electrons. The zero-order valence-corrected chi connectivity index (χ0v) is 10.2. The molecule has 0 spiro atoms. The van der Waals surface area contributed by atoms with Crippen molar-refractivity contribution in [3.63, 3.8) is 0 Å². The van der Waals surface area contributed by atoms with Gasteiger partial charge in [0, 0.05) is 30.0 Å². The molecular formula is C11H18N2OS. The molecule has 0 radical (unpaired) electrons. The second-order valence-corrected chi connectivity index (χ2v) is 5.46. The van der Waals surface area contributed by atoms with Crippen molar-refractivity contribution < 1.29 is 4.52 Å². The Morgan fingerprint density at radius 3 is 3.20 bits per heavy atom. The van der Waals surface area contributed by atoms with Crippen LogP contribution in [0.2, 0.25) is 0 Å². The molecule has 15 heavy (non-hydrogen) atoms. The van der Waals surface area contributed by atoms with Crippen LogP contribution in [0.3, 0.4) is 0 Å². The van der Waals surface area contributed by atoms with Crippen LogP contribution < -0.4 is 5.32 Å². The summed E-state index contributed by atoms with van der Waals surface area (Å²) >= 11 is 1.97. The Kier molecular flexibility index (Phi) is 3.70. The highest BCUT2D eigenvalue weighted by molar-refractivity contribution is 7.98. The number of aromatic nitrogens is 1. The molecule has 0 aliphatic carbocycles. The van der Waals surface area contributed by atoms with E-state index in [1.807, 2.05) is 11.8 Å². The van der Waals surface area contributed by atoms with Crippen molar-refractivity contribution in [3.8, 4) is 0 Å². The van der Waals surface area contributed by atoms with Crippen molar-refractivity contribution in [2.24, 2.45) is 5.92 Å². The number of nitrogens with zero attached hydrogens (tertiary/aromatic N) is 1. The van der Waals surface area contributed by atoms with Gasteiger partial charge in [-0.25, -0.2) is 0 Å². The standard InChI is InChI=1S/C11H18N2OS/c1-8(2)5-12-6-10-9-7-15-4-3-11(9)14-13-10/h8,12H,3-7H2,1-2H3. The molecule has 0 fully saturated rings. The van der Waals surface area contributed by atoms with Gasteiger partial charge in [-0.2, -0.15) is 11.8 Å². The third-order valence-corrected chi connectivity index (χ3v) is 3.50. The van der Waals surface area contributed by atoms with E-state index in [1.54, 1.807) is 0 Å². The maximum atomic E-state index is 5.34. The number of rotatable bonds is 4.